The number of halogens is 1. The highest BCUT2D eigenvalue weighted by Crippen LogP contribution is 2.23. The maximum atomic E-state index is 11.0. The highest BCUT2D eigenvalue weighted by atomic mass is 35.5. The van der Waals surface area contributed by atoms with Crippen LogP contribution in [0.25, 0.3) is 0 Å². The minimum Gasteiger partial charge on any atom is -0.310 e. The van der Waals surface area contributed by atoms with Gasteiger partial charge in [-0.25, -0.2) is 0 Å². The van der Waals surface area contributed by atoms with E-state index in [-0.39, 0.29) is 5.69 Å². The fraction of sp³-hybridized carbons (Fsp3) is 0.357. The highest BCUT2D eigenvalue weighted by molar-refractivity contribution is 6.30. The molecule has 112 valence electrons. The summed E-state index contributed by atoms with van der Waals surface area (Å²) in [6.07, 6.45) is 3.63. The Morgan fingerprint density at radius 3 is 2.90 bits per heavy atom. The second kappa shape index (κ2) is 6.69. The van der Waals surface area contributed by atoms with Gasteiger partial charge in [0.25, 0.3) is 5.69 Å². The smallest absolute Gasteiger partial charge is 0.274 e. The molecule has 21 heavy (non-hydrogen) atoms. The summed E-state index contributed by atoms with van der Waals surface area (Å²) in [7, 11) is 0. The fourth-order valence-corrected chi connectivity index (χ4v) is 2.13. The molecule has 0 aliphatic heterocycles. The zero-order valence-corrected chi connectivity index (χ0v) is 12.7. The lowest BCUT2D eigenvalue weighted by Crippen LogP contribution is -2.21. The molecule has 2 aromatic rings. The zero-order chi connectivity index (χ0) is 15.4. The van der Waals surface area contributed by atoms with Crippen LogP contribution in [0.2, 0.25) is 5.02 Å². The first-order valence-electron chi connectivity index (χ1n) is 6.63. The molecule has 1 N–H and O–H groups in total. The van der Waals surface area contributed by atoms with Crippen molar-refractivity contribution >= 4 is 17.3 Å². The Bertz CT molecular complexity index is 640. The molecule has 1 heterocycles. The molecule has 0 aliphatic rings. The number of hydrogen-bond donors (Lipinski definition) is 1. The van der Waals surface area contributed by atoms with Gasteiger partial charge in [-0.15, -0.1) is 0 Å². The van der Waals surface area contributed by atoms with Crippen LogP contribution in [0.15, 0.2) is 30.6 Å². The average molecular weight is 309 g/mol. The van der Waals surface area contributed by atoms with Crippen LogP contribution >= 0.6 is 11.6 Å². The lowest BCUT2D eigenvalue weighted by Gasteiger charge is -2.06. The number of hydrogen-bond acceptors (Lipinski definition) is 4. The van der Waals surface area contributed by atoms with Crippen molar-refractivity contribution in [3.05, 3.63) is 56.9 Å². The van der Waals surface area contributed by atoms with E-state index < -0.39 is 4.92 Å². The van der Waals surface area contributed by atoms with Gasteiger partial charge in [0.15, 0.2) is 0 Å². The van der Waals surface area contributed by atoms with Crippen LogP contribution in [-0.4, -0.2) is 20.7 Å². The molecule has 6 nitrogen and oxygen atoms in total. The van der Waals surface area contributed by atoms with Crippen molar-refractivity contribution in [2.24, 2.45) is 0 Å². The standard InChI is InChI=1S/C14H17ClN4O2/c1-10(2)16-6-11-7-17-18(8-11)9-12-5-13(15)3-4-14(12)19(20)21/h3-5,7-8,10,16H,6,9H2,1-2H3. The van der Waals surface area contributed by atoms with Gasteiger partial charge >= 0.3 is 0 Å². The summed E-state index contributed by atoms with van der Waals surface area (Å²) in [6.45, 7) is 5.17. The van der Waals surface area contributed by atoms with Crippen molar-refractivity contribution in [2.45, 2.75) is 33.0 Å². The maximum Gasteiger partial charge on any atom is 0.274 e. The van der Waals surface area contributed by atoms with Crippen LogP contribution in [0.1, 0.15) is 25.0 Å². The first kappa shape index (κ1) is 15.5. The number of nitro groups is 1. The highest BCUT2D eigenvalue weighted by Gasteiger charge is 2.14. The Hall–Kier alpha value is -1.92. The quantitative estimate of drug-likeness (QED) is 0.657. The summed E-state index contributed by atoms with van der Waals surface area (Å²) in [5.74, 6) is 0. The Kier molecular flexibility index (Phi) is 4.93. The van der Waals surface area contributed by atoms with E-state index in [1.165, 1.54) is 12.1 Å². The maximum absolute atomic E-state index is 11.0. The summed E-state index contributed by atoms with van der Waals surface area (Å²) in [6, 6.07) is 4.93. The lowest BCUT2D eigenvalue weighted by atomic mass is 10.2. The van der Waals surface area contributed by atoms with Crippen LogP contribution in [0.3, 0.4) is 0 Å². The van der Waals surface area contributed by atoms with Crippen molar-refractivity contribution in [2.75, 3.05) is 0 Å². The predicted octanol–water partition coefficient (Wildman–Crippen LogP) is 2.99. The van der Waals surface area contributed by atoms with E-state index in [9.17, 15) is 10.1 Å². The lowest BCUT2D eigenvalue weighted by molar-refractivity contribution is -0.385. The number of aromatic nitrogens is 2. The number of nitro benzene ring substituents is 1. The first-order chi connectivity index (χ1) is 9.95. The van der Waals surface area contributed by atoms with Gasteiger partial charge in [-0.3, -0.25) is 14.8 Å². The van der Waals surface area contributed by atoms with Gasteiger partial charge in [0.2, 0.25) is 0 Å². The second-order valence-corrected chi connectivity index (χ2v) is 5.55. The Morgan fingerprint density at radius 1 is 1.48 bits per heavy atom. The van der Waals surface area contributed by atoms with E-state index in [4.69, 9.17) is 11.6 Å². The molecule has 1 aromatic heterocycles. The normalized spacial score (nSPS) is 11.0. The summed E-state index contributed by atoms with van der Waals surface area (Å²) >= 11 is 5.92. The van der Waals surface area contributed by atoms with E-state index in [2.05, 4.69) is 24.3 Å². The van der Waals surface area contributed by atoms with Crippen LogP contribution in [0.4, 0.5) is 5.69 Å². The van der Waals surface area contributed by atoms with E-state index in [0.717, 1.165) is 12.1 Å². The van der Waals surface area contributed by atoms with Crippen molar-refractivity contribution in [3.8, 4) is 0 Å². The van der Waals surface area contributed by atoms with Crippen molar-refractivity contribution in [1.82, 2.24) is 15.1 Å². The van der Waals surface area contributed by atoms with Gasteiger partial charge in [-0.05, 0) is 12.1 Å². The summed E-state index contributed by atoms with van der Waals surface area (Å²) < 4.78 is 1.68. The van der Waals surface area contributed by atoms with E-state index in [1.807, 2.05) is 6.20 Å². The number of nitrogens with zero attached hydrogens (tertiary/aromatic N) is 3. The number of benzene rings is 1. The number of rotatable bonds is 6. The second-order valence-electron chi connectivity index (χ2n) is 5.11. The largest absolute Gasteiger partial charge is 0.310 e. The van der Waals surface area contributed by atoms with Crippen molar-refractivity contribution < 1.29 is 4.92 Å². The molecule has 0 aliphatic carbocycles. The molecule has 0 spiro atoms. The third kappa shape index (κ3) is 4.27. The number of nitrogens with one attached hydrogen (secondary N) is 1. The van der Waals surface area contributed by atoms with E-state index in [0.29, 0.717) is 23.2 Å². The van der Waals surface area contributed by atoms with E-state index >= 15 is 0 Å². The molecule has 0 bridgehead atoms. The topological polar surface area (TPSA) is 73.0 Å². The molecule has 7 heteroatoms. The average Bonchev–Trinajstić information content (AvgIpc) is 2.83. The van der Waals surface area contributed by atoms with Gasteiger partial charge < -0.3 is 5.32 Å². The predicted molar refractivity (Wildman–Crippen MR) is 81.4 cm³/mol. The van der Waals surface area contributed by atoms with E-state index in [1.54, 1.807) is 16.9 Å². The van der Waals surface area contributed by atoms with Crippen LogP contribution in [0.5, 0.6) is 0 Å². The molecule has 0 saturated heterocycles. The van der Waals surface area contributed by atoms with Gasteiger partial charge in [0.1, 0.15) is 0 Å². The first-order valence-corrected chi connectivity index (χ1v) is 7.01. The summed E-state index contributed by atoms with van der Waals surface area (Å²) in [5, 5.41) is 19.0. The SMILES string of the molecule is CC(C)NCc1cnn(Cc2cc(Cl)ccc2[N+](=O)[O-])c1. The molecule has 0 unspecified atom stereocenters. The molecule has 0 fully saturated rings. The van der Waals surface area contributed by atoms with Gasteiger partial charge in [0.05, 0.1) is 23.2 Å². The van der Waals surface area contributed by atoms with Crippen LogP contribution in [-0.2, 0) is 13.1 Å². The minimum absolute atomic E-state index is 0.0526. The summed E-state index contributed by atoms with van der Waals surface area (Å²) in [5.41, 5.74) is 1.63. The van der Waals surface area contributed by atoms with Crippen molar-refractivity contribution in [1.29, 1.82) is 0 Å². The fourth-order valence-electron chi connectivity index (χ4n) is 1.94. The van der Waals surface area contributed by atoms with Crippen molar-refractivity contribution in [3.63, 3.8) is 0 Å². The zero-order valence-electron chi connectivity index (χ0n) is 11.9. The third-order valence-corrected chi connectivity index (χ3v) is 3.21. The van der Waals surface area contributed by atoms with Crippen LogP contribution < -0.4 is 5.32 Å². The van der Waals surface area contributed by atoms with Gasteiger partial charge in [0, 0.05) is 35.4 Å². The Labute approximate surface area is 127 Å². The minimum atomic E-state index is -0.406. The van der Waals surface area contributed by atoms with Gasteiger partial charge in [-0.1, -0.05) is 25.4 Å². The summed E-state index contributed by atoms with van der Waals surface area (Å²) in [4.78, 5) is 10.6. The molecule has 0 saturated carbocycles. The monoisotopic (exact) mass is 308 g/mol. The molecule has 0 atom stereocenters. The molecule has 1 aromatic carbocycles. The molecular weight excluding hydrogens is 292 g/mol. The van der Waals surface area contributed by atoms with Crippen LogP contribution in [0, 0.1) is 10.1 Å². The molecule has 0 radical (unpaired) electrons. The van der Waals surface area contributed by atoms with Gasteiger partial charge in [-0.2, -0.15) is 5.10 Å². The molecule has 0 amide bonds. The Balaban J connectivity index is 2.15. The molecular formula is C14H17ClN4O2. The molecule has 2 rings (SSSR count). The Morgan fingerprint density at radius 2 is 2.24 bits per heavy atom. The third-order valence-electron chi connectivity index (χ3n) is 2.97.